The number of carbonyl (C=O) groups excluding carboxylic acids is 1. The third-order valence-corrected chi connectivity index (χ3v) is 5.34. The predicted octanol–water partition coefficient (Wildman–Crippen LogP) is 4.09. The minimum atomic E-state index is -0.283. The topological polar surface area (TPSA) is 79.6 Å². The highest BCUT2D eigenvalue weighted by molar-refractivity contribution is 7.80. The highest BCUT2D eigenvalue weighted by Gasteiger charge is 2.42. The fourth-order valence-electron chi connectivity index (χ4n) is 3.45. The number of nitrogens with one attached hydrogen (secondary N) is 2. The average Bonchev–Trinajstić information content (AvgIpc) is 3.38. The van der Waals surface area contributed by atoms with Crippen molar-refractivity contribution in [1.29, 1.82) is 0 Å². The minimum absolute atomic E-state index is 0.0511. The molecule has 0 aliphatic carbocycles. The number of ether oxygens (including phenoxy) is 1. The normalized spacial score (nSPS) is 18.3. The number of hydrogen-bond donors (Lipinski definition) is 2. The second-order valence-corrected chi connectivity index (χ2v) is 7.45. The molecule has 1 fully saturated rings. The van der Waals surface area contributed by atoms with Crippen LogP contribution >= 0.6 is 23.8 Å². The lowest BCUT2D eigenvalue weighted by Gasteiger charge is -2.26. The minimum Gasteiger partial charge on any atom is -0.467 e. The Kier molecular flexibility index (Phi) is 5.98. The predicted molar refractivity (Wildman–Crippen MR) is 119 cm³/mol. The quantitative estimate of drug-likeness (QED) is 0.556. The maximum Gasteiger partial charge on any atom is 0.250 e. The molecule has 0 spiro atoms. The molecule has 1 aliphatic rings. The van der Waals surface area contributed by atoms with Crippen molar-refractivity contribution in [3.05, 3.63) is 77.5 Å². The van der Waals surface area contributed by atoms with E-state index in [1.807, 2.05) is 41.3 Å². The number of rotatable bonds is 6. The molecule has 0 saturated carbocycles. The van der Waals surface area contributed by atoms with Crippen molar-refractivity contribution < 1.29 is 13.9 Å². The van der Waals surface area contributed by atoms with Crippen LogP contribution in [0.2, 0.25) is 5.02 Å². The molecule has 2 N–H and O–H groups in total. The van der Waals surface area contributed by atoms with Crippen molar-refractivity contribution in [2.45, 2.75) is 12.1 Å². The van der Waals surface area contributed by atoms with E-state index >= 15 is 0 Å². The summed E-state index contributed by atoms with van der Waals surface area (Å²) >= 11 is 12.1. The number of pyridine rings is 1. The van der Waals surface area contributed by atoms with Crippen molar-refractivity contribution in [3.8, 4) is 0 Å². The van der Waals surface area contributed by atoms with E-state index in [-0.39, 0.29) is 24.6 Å². The second-order valence-electron chi connectivity index (χ2n) is 6.66. The van der Waals surface area contributed by atoms with Crippen LogP contribution in [0.4, 0.5) is 11.4 Å². The molecular formula is C21H19ClN4O3S. The molecule has 0 bridgehead atoms. The number of hydrogen-bond acceptors (Lipinski definition) is 5. The maximum atomic E-state index is 11.8. The van der Waals surface area contributed by atoms with Crippen LogP contribution in [0.25, 0.3) is 0 Å². The molecule has 1 saturated heterocycles. The first-order valence-electron chi connectivity index (χ1n) is 9.21. The molecule has 154 valence electrons. The fraction of sp³-hybridized carbons (Fsp3) is 0.190. The summed E-state index contributed by atoms with van der Waals surface area (Å²) < 4.78 is 10.6. The third kappa shape index (κ3) is 4.02. The summed E-state index contributed by atoms with van der Waals surface area (Å²) in [7, 11) is 1.46. The summed E-state index contributed by atoms with van der Waals surface area (Å²) in [6.07, 6.45) is 3.38. The summed E-state index contributed by atoms with van der Waals surface area (Å²) in [5.41, 5.74) is 2.11. The average molecular weight is 443 g/mol. The summed E-state index contributed by atoms with van der Waals surface area (Å²) in [4.78, 5) is 18.2. The maximum absolute atomic E-state index is 11.8. The van der Waals surface area contributed by atoms with Gasteiger partial charge in [0.05, 0.1) is 28.7 Å². The number of nitrogens with zero attached hydrogens (tertiary/aromatic N) is 2. The standard InChI is InChI=1S/C21H19ClN4O3S/c1-28-12-18(27)24-15-8-7-13(11-14(15)22)26-20(17-6-4-10-29-17)19(25-21(26)30)16-5-2-3-9-23-16/h2-11,19-20H,12H2,1H3,(H,24,27)(H,25,30)/t19-,20+/m1/s1. The Morgan fingerprint density at radius 2 is 2.20 bits per heavy atom. The lowest BCUT2D eigenvalue weighted by Crippen LogP contribution is -2.29. The molecule has 1 amide bonds. The van der Waals surface area contributed by atoms with E-state index in [1.54, 1.807) is 24.6 Å². The lowest BCUT2D eigenvalue weighted by atomic mass is 10.0. The Morgan fingerprint density at radius 1 is 1.33 bits per heavy atom. The highest BCUT2D eigenvalue weighted by Crippen LogP contribution is 2.42. The Hall–Kier alpha value is -2.94. The van der Waals surface area contributed by atoms with Crippen LogP contribution in [0.1, 0.15) is 23.5 Å². The number of aromatic nitrogens is 1. The Balaban J connectivity index is 1.69. The zero-order valence-electron chi connectivity index (χ0n) is 16.0. The summed E-state index contributed by atoms with van der Waals surface area (Å²) in [6, 6.07) is 14.4. The molecule has 2 atom stereocenters. The van der Waals surface area contributed by atoms with Gasteiger partial charge in [-0.1, -0.05) is 17.7 Å². The molecule has 9 heteroatoms. The molecule has 0 radical (unpaired) electrons. The van der Waals surface area contributed by atoms with Crippen molar-refractivity contribution in [1.82, 2.24) is 10.3 Å². The number of amides is 1. The lowest BCUT2D eigenvalue weighted by molar-refractivity contribution is -0.119. The van der Waals surface area contributed by atoms with Gasteiger partial charge in [-0.05, 0) is 54.7 Å². The Bertz CT molecular complexity index is 1050. The van der Waals surface area contributed by atoms with Crippen molar-refractivity contribution >= 4 is 46.2 Å². The van der Waals surface area contributed by atoms with Crippen molar-refractivity contribution in [2.75, 3.05) is 23.9 Å². The van der Waals surface area contributed by atoms with Gasteiger partial charge in [-0.15, -0.1) is 0 Å². The van der Waals surface area contributed by atoms with Gasteiger partial charge in [-0.3, -0.25) is 9.78 Å². The number of thiocarbonyl (C=S) groups is 1. The molecule has 3 aromatic rings. The fourth-order valence-corrected chi connectivity index (χ4v) is 4.02. The van der Waals surface area contributed by atoms with E-state index in [4.69, 9.17) is 33.0 Å². The van der Waals surface area contributed by atoms with Crippen LogP contribution in [0, 0.1) is 0 Å². The molecule has 1 aliphatic heterocycles. The largest absolute Gasteiger partial charge is 0.467 e. The van der Waals surface area contributed by atoms with Crippen LogP contribution in [-0.2, 0) is 9.53 Å². The number of furan rings is 1. The van der Waals surface area contributed by atoms with Crippen LogP contribution < -0.4 is 15.5 Å². The first-order chi connectivity index (χ1) is 14.6. The Morgan fingerprint density at radius 3 is 2.87 bits per heavy atom. The number of methoxy groups -OCH3 is 1. The number of anilines is 2. The number of benzene rings is 1. The molecule has 7 nitrogen and oxygen atoms in total. The van der Waals surface area contributed by atoms with Crippen LogP contribution in [0.15, 0.2) is 65.4 Å². The van der Waals surface area contributed by atoms with Crippen LogP contribution in [0.5, 0.6) is 0 Å². The van der Waals surface area contributed by atoms with Crippen molar-refractivity contribution in [2.24, 2.45) is 0 Å². The van der Waals surface area contributed by atoms with Gasteiger partial charge in [0.1, 0.15) is 18.4 Å². The van der Waals surface area contributed by atoms with E-state index in [1.165, 1.54) is 7.11 Å². The van der Waals surface area contributed by atoms with Crippen molar-refractivity contribution in [3.63, 3.8) is 0 Å². The van der Waals surface area contributed by atoms with E-state index in [0.717, 1.165) is 17.1 Å². The van der Waals surface area contributed by atoms with Gasteiger partial charge in [-0.25, -0.2) is 0 Å². The van der Waals surface area contributed by atoms with E-state index < -0.39 is 0 Å². The van der Waals surface area contributed by atoms with E-state index in [9.17, 15) is 4.79 Å². The SMILES string of the molecule is COCC(=O)Nc1ccc(N2C(=S)N[C@H](c3ccccn3)[C@@H]2c2ccco2)cc1Cl. The van der Waals surface area contributed by atoms with Gasteiger partial charge < -0.3 is 24.7 Å². The smallest absolute Gasteiger partial charge is 0.250 e. The summed E-state index contributed by atoms with van der Waals surface area (Å²) in [5, 5.41) is 6.98. The van der Waals surface area contributed by atoms with Gasteiger partial charge in [-0.2, -0.15) is 0 Å². The van der Waals surface area contributed by atoms with E-state index in [2.05, 4.69) is 15.6 Å². The number of carbonyl (C=O) groups is 1. The highest BCUT2D eigenvalue weighted by atomic mass is 35.5. The van der Waals surface area contributed by atoms with Gasteiger partial charge in [0.2, 0.25) is 5.91 Å². The zero-order chi connectivity index (χ0) is 21.1. The molecule has 30 heavy (non-hydrogen) atoms. The molecule has 4 rings (SSSR count). The summed E-state index contributed by atoms with van der Waals surface area (Å²) in [5.74, 6) is 0.459. The van der Waals surface area contributed by atoms with Crippen LogP contribution in [0.3, 0.4) is 0 Å². The Labute approximate surface area is 184 Å². The monoisotopic (exact) mass is 442 g/mol. The number of halogens is 1. The third-order valence-electron chi connectivity index (χ3n) is 4.71. The van der Waals surface area contributed by atoms with Gasteiger partial charge in [0.25, 0.3) is 0 Å². The molecule has 3 heterocycles. The van der Waals surface area contributed by atoms with Gasteiger partial charge >= 0.3 is 0 Å². The van der Waals surface area contributed by atoms with E-state index in [0.29, 0.717) is 15.8 Å². The summed E-state index contributed by atoms with van der Waals surface area (Å²) in [6.45, 7) is -0.0511. The molecular weight excluding hydrogens is 424 g/mol. The van der Waals surface area contributed by atoms with Gasteiger partial charge in [0.15, 0.2) is 5.11 Å². The molecule has 1 aromatic carbocycles. The van der Waals surface area contributed by atoms with Crippen LogP contribution in [-0.4, -0.2) is 29.7 Å². The first kappa shape index (κ1) is 20.3. The van der Waals surface area contributed by atoms with Gasteiger partial charge in [0, 0.05) is 19.0 Å². The molecule has 2 aromatic heterocycles. The second kappa shape index (κ2) is 8.83. The first-order valence-corrected chi connectivity index (χ1v) is 9.99. The molecule has 0 unspecified atom stereocenters. The zero-order valence-corrected chi connectivity index (χ0v) is 17.6.